The Morgan fingerprint density at radius 1 is 1.30 bits per heavy atom. The van der Waals surface area contributed by atoms with Gasteiger partial charge in [-0.2, -0.15) is 10.2 Å². The molecule has 2 aromatic heterocycles. The predicted octanol–water partition coefficient (Wildman–Crippen LogP) is 2.35. The molecule has 0 spiro atoms. The number of hydrogen-bond donors (Lipinski definition) is 1. The first kappa shape index (κ1) is 18.6. The predicted molar refractivity (Wildman–Crippen MR) is 100 cm³/mol. The van der Waals surface area contributed by atoms with E-state index in [1.165, 1.54) is 12.1 Å². The number of rotatable bonds is 7. The van der Waals surface area contributed by atoms with E-state index in [0.717, 1.165) is 16.8 Å². The third-order valence-electron chi connectivity index (χ3n) is 4.35. The fourth-order valence-corrected chi connectivity index (χ4v) is 3.07. The monoisotopic (exact) mass is 370 g/mol. The highest BCUT2D eigenvalue weighted by Crippen LogP contribution is 2.20. The molecule has 1 aromatic carbocycles. The Morgan fingerprint density at radius 2 is 2.07 bits per heavy atom. The van der Waals surface area contributed by atoms with E-state index in [-0.39, 0.29) is 24.1 Å². The molecule has 0 aliphatic heterocycles. The van der Waals surface area contributed by atoms with Gasteiger partial charge in [0, 0.05) is 35.7 Å². The fraction of sp³-hybridized carbons (Fsp3) is 0.389. The number of non-ortho nitro benzene ring substituents is 1. The molecule has 0 saturated heterocycles. The first-order valence-corrected chi connectivity index (χ1v) is 8.74. The van der Waals surface area contributed by atoms with Gasteiger partial charge in [-0.1, -0.05) is 0 Å². The van der Waals surface area contributed by atoms with Gasteiger partial charge < -0.3 is 5.32 Å². The van der Waals surface area contributed by atoms with Gasteiger partial charge in [0.15, 0.2) is 0 Å². The number of hydrogen-bond acceptors (Lipinski definition) is 5. The Kier molecular flexibility index (Phi) is 5.20. The molecule has 0 aliphatic carbocycles. The van der Waals surface area contributed by atoms with Crippen LogP contribution in [0.25, 0.3) is 10.9 Å². The Labute approximate surface area is 156 Å². The molecule has 0 saturated carbocycles. The lowest BCUT2D eigenvalue weighted by atomic mass is 10.2. The minimum absolute atomic E-state index is 0.00668. The van der Waals surface area contributed by atoms with E-state index in [0.29, 0.717) is 18.6 Å². The number of carbonyl (C=O) groups excluding carboxylic acids is 1. The van der Waals surface area contributed by atoms with Crippen LogP contribution in [0.1, 0.15) is 24.7 Å². The number of amides is 1. The first-order valence-electron chi connectivity index (χ1n) is 8.74. The summed E-state index contributed by atoms with van der Waals surface area (Å²) >= 11 is 0. The summed E-state index contributed by atoms with van der Waals surface area (Å²) in [4.78, 5) is 22.8. The van der Waals surface area contributed by atoms with Crippen LogP contribution < -0.4 is 5.32 Å². The number of aromatic nitrogens is 4. The zero-order valence-corrected chi connectivity index (χ0v) is 15.5. The average molecular weight is 370 g/mol. The van der Waals surface area contributed by atoms with E-state index >= 15 is 0 Å². The van der Waals surface area contributed by atoms with Gasteiger partial charge in [0.05, 0.1) is 35.4 Å². The zero-order valence-electron chi connectivity index (χ0n) is 15.5. The van der Waals surface area contributed by atoms with Crippen LogP contribution in [0.3, 0.4) is 0 Å². The van der Waals surface area contributed by atoms with Gasteiger partial charge in [-0.15, -0.1) is 0 Å². The number of fused-ring (bicyclic) bond motifs is 1. The molecule has 3 rings (SSSR count). The van der Waals surface area contributed by atoms with Gasteiger partial charge >= 0.3 is 0 Å². The van der Waals surface area contributed by atoms with Crippen LogP contribution >= 0.6 is 0 Å². The molecule has 2 heterocycles. The number of nitro groups is 1. The van der Waals surface area contributed by atoms with Crippen molar-refractivity contribution in [1.82, 2.24) is 24.9 Å². The number of carbonyl (C=O) groups is 1. The summed E-state index contributed by atoms with van der Waals surface area (Å²) in [6.07, 6.45) is 1.88. The summed E-state index contributed by atoms with van der Waals surface area (Å²) in [7, 11) is 0. The SMILES string of the molecule is Cc1cc(C)n(C[C@@H](C)NC(=O)CCn2ncc3ccc([N+](=O)[O-])cc32)n1. The quantitative estimate of drug-likeness (QED) is 0.507. The Balaban J connectivity index is 1.59. The smallest absolute Gasteiger partial charge is 0.271 e. The van der Waals surface area contributed by atoms with E-state index in [9.17, 15) is 14.9 Å². The van der Waals surface area contributed by atoms with Crippen LogP contribution in [0, 0.1) is 24.0 Å². The summed E-state index contributed by atoms with van der Waals surface area (Å²) in [5.74, 6) is -0.0990. The van der Waals surface area contributed by atoms with Gasteiger partial charge in [-0.3, -0.25) is 24.3 Å². The molecule has 0 aliphatic rings. The molecule has 3 aromatic rings. The number of nitrogens with zero attached hydrogens (tertiary/aromatic N) is 5. The summed E-state index contributed by atoms with van der Waals surface area (Å²) in [5.41, 5.74) is 2.66. The van der Waals surface area contributed by atoms with Crippen LogP contribution in [-0.4, -0.2) is 36.4 Å². The standard InChI is InChI=1S/C18H22N6O3/c1-12-8-14(3)23(21-12)11-13(2)20-18(25)6-7-22-17-9-16(24(26)27)5-4-15(17)10-19-22/h4-5,8-10,13H,6-7,11H2,1-3H3,(H,20,25)/t13-/m1/s1. The third-order valence-corrected chi connectivity index (χ3v) is 4.35. The van der Waals surface area contributed by atoms with Crippen molar-refractivity contribution in [3.05, 3.63) is 52.0 Å². The highest BCUT2D eigenvalue weighted by molar-refractivity contribution is 5.81. The highest BCUT2D eigenvalue weighted by atomic mass is 16.6. The molecule has 27 heavy (non-hydrogen) atoms. The number of nitro benzene ring substituents is 1. The molecule has 0 bridgehead atoms. The van der Waals surface area contributed by atoms with Crippen molar-refractivity contribution in [2.24, 2.45) is 0 Å². The van der Waals surface area contributed by atoms with Gasteiger partial charge in [-0.05, 0) is 32.9 Å². The van der Waals surface area contributed by atoms with Crippen molar-refractivity contribution in [3.63, 3.8) is 0 Å². The lowest BCUT2D eigenvalue weighted by molar-refractivity contribution is -0.384. The van der Waals surface area contributed by atoms with Gasteiger partial charge in [-0.25, -0.2) is 0 Å². The second-order valence-corrected chi connectivity index (χ2v) is 6.70. The van der Waals surface area contributed by atoms with E-state index in [2.05, 4.69) is 15.5 Å². The minimum Gasteiger partial charge on any atom is -0.352 e. The summed E-state index contributed by atoms with van der Waals surface area (Å²) in [5, 5.41) is 23.3. The number of benzene rings is 1. The lowest BCUT2D eigenvalue weighted by Gasteiger charge is -2.15. The van der Waals surface area contributed by atoms with Gasteiger partial charge in [0.1, 0.15) is 0 Å². The average Bonchev–Trinajstić information content (AvgIpc) is 3.14. The fourth-order valence-electron chi connectivity index (χ4n) is 3.07. The minimum atomic E-state index is -0.440. The van der Waals surface area contributed by atoms with Crippen molar-refractivity contribution in [2.45, 2.75) is 46.3 Å². The third kappa shape index (κ3) is 4.30. The highest BCUT2D eigenvalue weighted by Gasteiger charge is 2.13. The van der Waals surface area contributed by atoms with Crippen LogP contribution in [0.4, 0.5) is 5.69 Å². The van der Waals surface area contributed by atoms with Crippen molar-refractivity contribution in [1.29, 1.82) is 0 Å². The molecule has 1 atom stereocenters. The van der Waals surface area contributed by atoms with E-state index in [4.69, 9.17) is 0 Å². The topological polar surface area (TPSA) is 108 Å². The molecule has 9 heteroatoms. The Hall–Kier alpha value is -3.23. The maximum atomic E-state index is 12.3. The van der Waals surface area contributed by atoms with Crippen molar-refractivity contribution in [2.75, 3.05) is 0 Å². The summed E-state index contributed by atoms with van der Waals surface area (Å²) in [6, 6.07) is 6.52. The molecule has 0 radical (unpaired) electrons. The van der Waals surface area contributed by atoms with Crippen molar-refractivity contribution < 1.29 is 9.72 Å². The maximum absolute atomic E-state index is 12.3. The summed E-state index contributed by atoms with van der Waals surface area (Å²) < 4.78 is 3.49. The number of nitrogens with one attached hydrogen (secondary N) is 1. The molecule has 0 fully saturated rings. The maximum Gasteiger partial charge on any atom is 0.271 e. The second-order valence-electron chi connectivity index (χ2n) is 6.70. The lowest BCUT2D eigenvalue weighted by Crippen LogP contribution is -2.36. The zero-order chi connectivity index (χ0) is 19.6. The van der Waals surface area contributed by atoms with Crippen LogP contribution in [-0.2, 0) is 17.9 Å². The number of aryl methyl sites for hydroxylation is 3. The van der Waals surface area contributed by atoms with Gasteiger partial charge in [0.2, 0.25) is 5.91 Å². The van der Waals surface area contributed by atoms with Crippen LogP contribution in [0.2, 0.25) is 0 Å². The Morgan fingerprint density at radius 3 is 2.74 bits per heavy atom. The normalized spacial score (nSPS) is 12.3. The van der Waals surface area contributed by atoms with E-state index in [1.54, 1.807) is 16.9 Å². The molecule has 1 amide bonds. The largest absolute Gasteiger partial charge is 0.352 e. The molecular weight excluding hydrogens is 348 g/mol. The van der Waals surface area contributed by atoms with Crippen molar-refractivity contribution >= 4 is 22.5 Å². The molecule has 0 unspecified atom stereocenters. The first-order chi connectivity index (χ1) is 12.8. The molecular formula is C18H22N6O3. The molecule has 9 nitrogen and oxygen atoms in total. The van der Waals surface area contributed by atoms with E-state index in [1.807, 2.05) is 31.5 Å². The molecule has 1 N–H and O–H groups in total. The van der Waals surface area contributed by atoms with Crippen molar-refractivity contribution in [3.8, 4) is 0 Å². The molecule has 142 valence electrons. The van der Waals surface area contributed by atoms with Gasteiger partial charge in [0.25, 0.3) is 5.69 Å². The van der Waals surface area contributed by atoms with Crippen LogP contribution in [0.15, 0.2) is 30.5 Å². The Bertz CT molecular complexity index is 990. The second kappa shape index (κ2) is 7.56. The van der Waals surface area contributed by atoms with E-state index < -0.39 is 4.92 Å². The summed E-state index contributed by atoms with van der Waals surface area (Å²) in [6.45, 7) is 6.80. The van der Waals surface area contributed by atoms with Crippen LogP contribution in [0.5, 0.6) is 0 Å².